The Labute approximate surface area is 99.4 Å². The van der Waals surface area contributed by atoms with Crippen molar-refractivity contribution in [2.24, 2.45) is 0 Å². The molecule has 0 saturated heterocycles. The van der Waals surface area contributed by atoms with Crippen LogP contribution >= 0.6 is 11.6 Å². The molecule has 1 atom stereocenters. The summed E-state index contributed by atoms with van der Waals surface area (Å²) in [5.41, 5.74) is 0. The maximum Gasteiger partial charge on any atom is 0.135 e. The lowest BCUT2D eigenvalue weighted by Gasteiger charge is -2.15. The molecule has 0 amide bonds. The van der Waals surface area contributed by atoms with Crippen LogP contribution in [0, 0.1) is 0 Å². The van der Waals surface area contributed by atoms with Crippen LogP contribution in [-0.2, 0) is 0 Å². The fourth-order valence-corrected chi connectivity index (χ4v) is 1.76. The first-order valence-corrected chi connectivity index (χ1v) is 5.70. The van der Waals surface area contributed by atoms with Gasteiger partial charge in [0.1, 0.15) is 11.9 Å². The van der Waals surface area contributed by atoms with Crippen LogP contribution in [0.5, 0.6) is 5.75 Å². The first-order valence-electron chi connectivity index (χ1n) is 5.16. The summed E-state index contributed by atoms with van der Waals surface area (Å²) in [6.45, 7) is -0.0767. The van der Waals surface area contributed by atoms with E-state index in [0.29, 0.717) is 0 Å². The third-order valence-corrected chi connectivity index (χ3v) is 2.76. The monoisotopic (exact) mass is 236 g/mol. The number of halogens is 1. The Bertz CT molecular complexity index is 461. The van der Waals surface area contributed by atoms with Crippen LogP contribution in [0.2, 0.25) is 0 Å². The molecule has 2 rings (SSSR count). The molecule has 2 aromatic rings. The summed E-state index contributed by atoms with van der Waals surface area (Å²) in [5.74, 6) is 1.04. The van der Waals surface area contributed by atoms with Crippen molar-refractivity contribution in [1.82, 2.24) is 0 Å². The Hall–Kier alpha value is -1.25. The third kappa shape index (κ3) is 2.29. The number of hydrogen-bond acceptors (Lipinski definition) is 2. The van der Waals surface area contributed by atoms with Crippen LogP contribution in [0.25, 0.3) is 10.8 Å². The minimum absolute atomic E-state index is 0.0767. The Morgan fingerprint density at radius 2 is 1.88 bits per heavy atom. The molecule has 0 bridgehead atoms. The number of rotatable bonds is 4. The summed E-state index contributed by atoms with van der Waals surface area (Å²) < 4.78 is 5.64. The highest BCUT2D eigenvalue weighted by atomic mass is 35.5. The molecule has 0 fully saturated rings. The molecule has 3 heteroatoms. The van der Waals surface area contributed by atoms with Gasteiger partial charge >= 0.3 is 0 Å². The largest absolute Gasteiger partial charge is 0.486 e. The van der Waals surface area contributed by atoms with E-state index < -0.39 is 0 Å². The fraction of sp³-hybridized carbons (Fsp3) is 0.231. The molecule has 1 unspecified atom stereocenters. The quantitative estimate of drug-likeness (QED) is 0.828. The van der Waals surface area contributed by atoms with Crippen LogP contribution < -0.4 is 4.74 Å². The van der Waals surface area contributed by atoms with Crippen molar-refractivity contribution in [3.05, 3.63) is 42.5 Å². The number of aliphatic hydroxyl groups excluding tert-OH is 1. The zero-order valence-corrected chi connectivity index (χ0v) is 9.52. The molecule has 0 spiro atoms. The second-order valence-electron chi connectivity index (χ2n) is 3.55. The predicted octanol–water partition coefficient (Wildman–Crippen LogP) is 2.82. The van der Waals surface area contributed by atoms with Gasteiger partial charge < -0.3 is 9.84 Å². The van der Waals surface area contributed by atoms with E-state index in [4.69, 9.17) is 21.4 Å². The first kappa shape index (κ1) is 11.2. The van der Waals surface area contributed by atoms with E-state index in [1.807, 2.05) is 42.5 Å². The van der Waals surface area contributed by atoms with Crippen molar-refractivity contribution >= 4 is 22.4 Å². The van der Waals surface area contributed by atoms with Gasteiger partial charge in [0.05, 0.1) is 12.5 Å². The second kappa shape index (κ2) is 5.19. The Balaban J connectivity index is 2.36. The first-order chi connectivity index (χ1) is 7.85. The molecule has 1 N–H and O–H groups in total. The smallest absolute Gasteiger partial charge is 0.135 e. The zero-order valence-electron chi connectivity index (χ0n) is 8.77. The summed E-state index contributed by atoms with van der Waals surface area (Å²) in [4.78, 5) is 0. The molecule has 0 saturated carbocycles. The standard InChI is InChI=1S/C13H13ClO2/c14-8-11(9-15)16-13-7-3-5-10-4-1-2-6-12(10)13/h1-7,11,15H,8-9H2. The molecule has 16 heavy (non-hydrogen) atoms. The zero-order chi connectivity index (χ0) is 11.4. The van der Waals surface area contributed by atoms with E-state index >= 15 is 0 Å². The molecule has 2 nitrogen and oxygen atoms in total. The highest BCUT2D eigenvalue weighted by Gasteiger charge is 2.09. The fourth-order valence-electron chi connectivity index (χ4n) is 1.60. The molecule has 0 aliphatic rings. The predicted molar refractivity (Wildman–Crippen MR) is 66.2 cm³/mol. The minimum Gasteiger partial charge on any atom is -0.486 e. The summed E-state index contributed by atoms with van der Waals surface area (Å²) >= 11 is 5.68. The topological polar surface area (TPSA) is 29.5 Å². The molecule has 0 aromatic heterocycles. The molecule has 0 heterocycles. The van der Waals surface area contributed by atoms with Crippen molar-refractivity contribution in [1.29, 1.82) is 0 Å². The van der Waals surface area contributed by atoms with Crippen LogP contribution in [-0.4, -0.2) is 23.7 Å². The minimum atomic E-state index is -0.354. The van der Waals surface area contributed by atoms with Crippen molar-refractivity contribution in [3.8, 4) is 5.75 Å². The van der Waals surface area contributed by atoms with Crippen molar-refractivity contribution in [2.75, 3.05) is 12.5 Å². The van der Waals surface area contributed by atoms with Crippen LogP contribution in [0.15, 0.2) is 42.5 Å². The molecule has 2 aromatic carbocycles. The van der Waals surface area contributed by atoms with E-state index in [1.165, 1.54) is 0 Å². The number of hydrogen-bond donors (Lipinski definition) is 1. The molecule has 0 radical (unpaired) electrons. The van der Waals surface area contributed by atoms with E-state index in [2.05, 4.69) is 0 Å². The van der Waals surface area contributed by atoms with Crippen LogP contribution in [0.1, 0.15) is 0 Å². The normalized spacial score (nSPS) is 12.6. The van der Waals surface area contributed by atoms with Gasteiger partial charge in [0.2, 0.25) is 0 Å². The number of fused-ring (bicyclic) bond motifs is 1. The van der Waals surface area contributed by atoms with Gasteiger partial charge in [-0.15, -0.1) is 11.6 Å². The summed E-state index contributed by atoms with van der Waals surface area (Å²) in [6, 6.07) is 13.8. The summed E-state index contributed by atoms with van der Waals surface area (Å²) in [7, 11) is 0. The molecule has 0 aliphatic carbocycles. The van der Waals surface area contributed by atoms with Gasteiger partial charge in [-0.25, -0.2) is 0 Å². The molecular formula is C13H13ClO2. The second-order valence-corrected chi connectivity index (χ2v) is 3.86. The Kier molecular flexibility index (Phi) is 3.65. The lowest BCUT2D eigenvalue weighted by Crippen LogP contribution is -2.22. The van der Waals surface area contributed by atoms with E-state index in [9.17, 15) is 0 Å². The van der Waals surface area contributed by atoms with E-state index in [0.717, 1.165) is 16.5 Å². The Morgan fingerprint density at radius 1 is 1.12 bits per heavy atom. The van der Waals surface area contributed by atoms with Crippen molar-refractivity contribution in [3.63, 3.8) is 0 Å². The number of ether oxygens (including phenoxy) is 1. The van der Waals surface area contributed by atoms with Crippen LogP contribution in [0.4, 0.5) is 0 Å². The van der Waals surface area contributed by atoms with Crippen molar-refractivity contribution in [2.45, 2.75) is 6.10 Å². The van der Waals surface area contributed by atoms with E-state index in [1.54, 1.807) is 0 Å². The maximum atomic E-state index is 9.05. The third-order valence-electron chi connectivity index (χ3n) is 2.42. The van der Waals surface area contributed by atoms with Gasteiger partial charge in [0.25, 0.3) is 0 Å². The van der Waals surface area contributed by atoms with E-state index in [-0.39, 0.29) is 18.6 Å². The van der Waals surface area contributed by atoms with Gasteiger partial charge in [-0.1, -0.05) is 36.4 Å². The highest BCUT2D eigenvalue weighted by molar-refractivity contribution is 6.18. The molecule has 0 aliphatic heterocycles. The highest BCUT2D eigenvalue weighted by Crippen LogP contribution is 2.26. The molecule has 84 valence electrons. The van der Waals surface area contributed by atoms with Gasteiger partial charge in [-0.3, -0.25) is 0 Å². The maximum absolute atomic E-state index is 9.05. The number of alkyl halides is 1. The van der Waals surface area contributed by atoms with Crippen molar-refractivity contribution < 1.29 is 9.84 Å². The summed E-state index contributed by atoms with van der Waals surface area (Å²) in [5, 5.41) is 11.2. The summed E-state index contributed by atoms with van der Waals surface area (Å²) in [6.07, 6.45) is -0.354. The van der Waals surface area contributed by atoms with Gasteiger partial charge in [-0.2, -0.15) is 0 Å². The number of benzene rings is 2. The number of aliphatic hydroxyl groups is 1. The van der Waals surface area contributed by atoms with Crippen LogP contribution in [0.3, 0.4) is 0 Å². The molecular weight excluding hydrogens is 224 g/mol. The van der Waals surface area contributed by atoms with Gasteiger partial charge in [-0.05, 0) is 11.5 Å². The lowest BCUT2D eigenvalue weighted by molar-refractivity contribution is 0.133. The lowest BCUT2D eigenvalue weighted by atomic mass is 10.1. The SMILES string of the molecule is OCC(CCl)Oc1cccc2ccccc12. The van der Waals surface area contributed by atoms with Gasteiger partial charge in [0, 0.05) is 5.39 Å². The Morgan fingerprint density at radius 3 is 2.62 bits per heavy atom. The average Bonchev–Trinajstić information content (AvgIpc) is 2.36. The van der Waals surface area contributed by atoms with Gasteiger partial charge in [0.15, 0.2) is 0 Å². The average molecular weight is 237 g/mol.